The standard InChI is InChI=1S/C20H17ClF3N7OS/c1-10(14-9-33-18(28-14)26-6-7-32-3)30-19(20(22,23)24)11(2)27-17-29-16-12(8-25)13(21)4-5-15(16)31(17)19/h4-5,9,30H,1-2,6-7H2,3H3,(H,26,28)(H,27,29). The summed E-state index contributed by atoms with van der Waals surface area (Å²) >= 11 is 7.27. The molecular formula is C20H17ClF3N7OS. The number of aromatic nitrogens is 3. The van der Waals surface area contributed by atoms with Crippen LogP contribution >= 0.6 is 22.9 Å². The first kappa shape index (κ1) is 22.9. The molecule has 33 heavy (non-hydrogen) atoms. The molecule has 3 heterocycles. The monoisotopic (exact) mass is 495 g/mol. The summed E-state index contributed by atoms with van der Waals surface area (Å²) in [7, 11) is 1.56. The van der Waals surface area contributed by atoms with Gasteiger partial charge in [-0.1, -0.05) is 24.8 Å². The molecule has 0 bridgehead atoms. The average Bonchev–Trinajstić information content (AvgIpc) is 3.42. The Morgan fingerprint density at radius 2 is 2.18 bits per heavy atom. The summed E-state index contributed by atoms with van der Waals surface area (Å²) in [6.45, 7) is 8.32. The molecule has 1 atom stereocenters. The van der Waals surface area contributed by atoms with Crippen LogP contribution in [0.4, 0.5) is 24.3 Å². The fourth-order valence-corrected chi connectivity index (χ4v) is 4.49. The lowest BCUT2D eigenvalue weighted by Gasteiger charge is -2.36. The highest BCUT2D eigenvalue weighted by molar-refractivity contribution is 7.13. The second kappa shape index (κ2) is 8.26. The maximum atomic E-state index is 14.7. The van der Waals surface area contributed by atoms with Crippen molar-refractivity contribution in [3.8, 4) is 6.07 Å². The lowest BCUT2D eigenvalue weighted by atomic mass is 10.1. The molecule has 172 valence electrons. The third-order valence-corrected chi connectivity index (χ3v) is 6.18. The van der Waals surface area contributed by atoms with E-state index in [0.717, 1.165) is 4.57 Å². The fourth-order valence-electron chi connectivity index (χ4n) is 3.55. The van der Waals surface area contributed by atoms with Crippen LogP contribution in [0, 0.1) is 11.3 Å². The van der Waals surface area contributed by atoms with Gasteiger partial charge in [0, 0.05) is 19.0 Å². The molecule has 0 saturated heterocycles. The first-order valence-electron chi connectivity index (χ1n) is 9.44. The van der Waals surface area contributed by atoms with Crippen molar-refractivity contribution < 1.29 is 17.9 Å². The first-order valence-corrected chi connectivity index (χ1v) is 10.7. The van der Waals surface area contributed by atoms with Gasteiger partial charge in [-0.25, -0.2) is 9.97 Å². The minimum absolute atomic E-state index is 0.0235. The Labute approximate surface area is 195 Å². The van der Waals surface area contributed by atoms with Gasteiger partial charge in [0.15, 0.2) is 5.13 Å². The van der Waals surface area contributed by atoms with Gasteiger partial charge in [-0.05, 0) is 12.1 Å². The molecule has 0 spiro atoms. The fraction of sp³-hybridized carbons (Fsp3) is 0.250. The Kier molecular flexibility index (Phi) is 5.73. The minimum atomic E-state index is -4.87. The van der Waals surface area contributed by atoms with E-state index in [1.165, 1.54) is 23.5 Å². The first-order chi connectivity index (χ1) is 15.6. The largest absolute Gasteiger partial charge is 0.436 e. The van der Waals surface area contributed by atoms with Crippen LogP contribution in [0.15, 0.2) is 36.4 Å². The van der Waals surface area contributed by atoms with Crippen molar-refractivity contribution >= 4 is 50.7 Å². The molecule has 3 aromatic rings. The lowest BCUT2D eigenvalue weighted by Crippen LogP contribution is -2.56. The zero-order chi connectivity index (χ0) is 24.0. The zero-order valence-electron chi connectivity index (χ0n) is 17.2. The van der Waals surface area contributed by atoms with E-state index in [0.29, 0.717) is 18.3 Å². The SMILES string of the molecule is C=C(NC1(C(F)(F)F)C(=C)Nc2nc3c(C#N)c(Cl)ccc3n21)c1csc(NCCOC)n1. The summed E-state index contributed by atoms with van der Waals surface area (Å²) in [6.07, 6.45) is -4.87. The molecule has 4 rings (SSSR count). The number of thiazole rings is 1. The molecule has 1 aliphatic rings. The highest BCUT2D eigenvalue weighted by Gasteiger charge is 2.63. The van der Waals surface area contributed by atoms with E-state index in [1.54, 1.807) is 12.5 Å². The summed E-state index contributed by atoms with van der Waals surface area (Å²) in [6, 6.07) is 4.62. The van der Waals surface area contributed by atoms with Crippen LogP contribution < -0.4 is 16.0 Å². The van der Waals surface area contributed by atoms with Crippen molar-refractivity contribution in [1.29, 1.82) is 5.26 Å². The number of halogens is 4. The normalized spacial score (nSPS) is 17.5. The predicted octanol–water partition coefficient (Wildman–Crippen LogP) is 4.49. The smallest absolute Gasteiger partial charge is 0.383 e. The third-order valence-electron chi connectivity index (χ3n) is 5.06. The Morgan fingerprint density at radius 3 is 2.85 bits per heavy atom. The molecule has 0 fully saturated rings. The molecule has 1 aromatic carbocycles. The number of anilines is 2. The molecule has 8 nitrogen and oxygen atoms in total. The van der Waals surface area contributed by atoms with Crippen LogP contribution in [0.2, 0.25) is 5.02 Å². The van der Waals surface area contributed by atoms with Gasteiger partial charge in [-0.3, -0.25) is 4.57 Å². The molecule has 0 aliphatic carbocycles. The lowest BCUT2D eigenvalue weighted by molar-refractivity contribution is -0.203. The number of benzene rings is 1. The summed E-state index contributed by atoms with van der Waals surface area (Å²) in [5, 5.41) is 19.7. The topological polar surface area (TPSA) is 99.8 Å². The Balaban J connectivity index is 1.79. The van der Waals surface area contributed by atoms with Gasteiger partial charge in [-0.15, -0.1) is 11.3 Å². The van der Waals surface area contributed by atoms with Gasteiger partial charge in [0.05, 0.1) is 39.8 Å². The van der Waals surface area contributed by atoms with Gasteiger partial charge in [0.25, 0.3) is 5.66 Å². The van der Waals surface area contributed by atoms with Crippen molar-refractivity contribution in [2.75, 3.05) is 30.9 Å². The molecule has 2 aromatic heterocycles. The summed E-state index contributed by atoms with van der Waals surface area (Å²) < 4.78 is 50.0. The third kappa shape index (κ3) is 3.58. The Morgan fingerprint density at radius 1 is 1.42 bits per heavy atom. The number of alkyl halides is 3. The van der Waals surface area contributed by atoms with Crippen LogP contribution in [0.3, 0.4) is 0 Å². The van der Waals surface area contributed by atoms with Gasteiger partial charge in [0.1, 0.15) is 11.6 Å². The molecule has 3 N–H and O–H groups in total. The van der Waals surface area contributed by atoms with Gasteiger partial charge >= 0.3 is 6.18 Å². The number of nitrogens with zero attached hydrogens (tertiary/aromatic N) is 4. The molecule has 1 aliphatic heterocycles. The van der Waals surface area contributed by atoms with Crippen LogP contribution in [-0.4, -0.2) is 41.0 Å². The van der Waals surface area contributed by atoms with Crippen LogP contribution in [0.5, 0.6) is 0 Å². The van der Waals surface area contributed by atoms with Crippen molar-refractivity contribution in [3.05, 3.63) is 52.6 Å². The van der Waals surface area contributed by atoms with E-state index in [9.17, 15) is 18.4 Å². The van der Waals surface area contributed by atoms with E-state index in [-0.39, 0.29) is 39.0 Å². The van der Waals surface area contributed by atoms with Crippen molar-refractivity contribution in [2.24, 2.45) is 0 Å². The second-order valence-corrected chi connectivity index (χ2v) is 8.31. The van der Waals surface area contributed by atoms with Crippen LogP contribution in [0.1, 0.15) is 11.3 Å². The molecule has 1 unspecified atom stereocenters. The van der Waals surface area contributed by atoms with Gasteiger partial charge < -0.3 is 20.7 Å². The number of ether oxygens (including phenoxy) is 1. The summed E-state index contributed by atoms with van der Waals surface area (Å²) in [4.78, 5) is 8.48. The highest BCUT2D eigenvalue weighted by Crippen LogP contribution is 2.49. The quantitative estimate of drug-likeness (QED) is 0.415. The van der Waals surface area contributed by atoms with Crippen molar-refractivity contribution in [1.82, 2.24) is 19.9 Å². The Hall–Kier alpha value is -3.27. The number of methoxy groups -OCH3 is 1. The molecular weight excluding hydrogens is 479 g/mol. The number of imidazole rings is 1. The van der Waals surface area contributed by atoms with Crippen molar-refractivity contribution in [2.45, 2.75) is 11.8 Å². The van der Waals surface area contributed by atoms with E-state index in [2.05, 4.69) is 39.1 Å². The van der Waals surface area contributed by atoms with Gasteiger partial charge in [0.2, 0.25) is 5.95 Å². The number of hydrogen-bond acceptors (Lipinski definition) is 8. The molecule has 13 heteroatoms. The van der Waals surface area contributed by atoms with E-state index in [4.69, 9.17) is 16.3 Å². The van der Waals surface area contributed by atoms with E-state index >= 15 is 0 Å². The molecule has 0 amide bonds. The number of rotatable bonds is 7. The van der Waals surface area contributed by atoms with Crippen LogP contribution in [-0.2, 0) is 10.4 Å². The molecule has 0 saturated carbocycles. The average molecular weight is 496 g/mol. The summed E-state index contributed by atoms with van der Waals surface area (Å²) in [5.74, 6) is -0.133. The minimum Gasteiger partial charge on any atom is -0.383 e. The zero-order valence-corrected chi connectivity index (χ0v) is 18.8. The predicted molar refractivity (Wildman–Crippen MR) is 121 cm³/mol. The van der Waals surface area contributed by atoms with E-state index < -0.39 is 17.5 Å². The maximum absolute atomic E-state index is 14.7. The summed E-state index contributed by atoms with van der Waals surface area (Å²) in [5.41, 5.74) is -3.01. The van der Waals surface area contributed by atoms with Gasteiger partial charge in [-0.2, -0.15) is 18.4 Å². The second-order valence-electron chi connectivity index (χ2n) is 7.05. The Bertz CT molecular complexity index is 1310. The number of fused-ring (bicyclic) bond motifs is 3. The molecule has 0 radical (unpaired) electrons. The number of hydrogen-bond donors (Lipinski definition) is 3. The number of nitriles is 1. The van der Waals surface area contributed by atoms with Crippen LogP contribution in [0.25, 0.3) is 16.7 Å². The number of nitrogens with one attached hydrogen (secondary N) is 3. The van der Waals surface area contributed by atoms with E-state index in [1.807, 2.05) is 6.07 Å². The maximum Gasteiger partial charge on any atom is 0.436 e. The highest BCUT2D eigenvalue weighted by atomic mass is 35.5. The van der Waals surface area contributed by atoms with Crippen molar-refractivity contribution in [3.63, 3.8) is 0 Å².